The van der Waals surface area contributed by atoms with Crippen molar-refractivity contribution in [2.24, 2.45) is 0 Å². The number of hydrogen-bond acceptors (Lipinski definition) is 7. The summed E-state index contributed by atoms with van der Waals surface area (Å²) in [7, 11) is 2.43. The Morgan fingerprint density at radius 2 is 1.82 bits per heavy atom. The molecule has 1 aliphatic rings. The molecule has 44 heavy (non-hydrogen) atoms. The fraction of sp³-hybridized carbons (Fsp3) is 0.300. The molecular formula is C30H29BrF3N5O5. The van der Waals surface area contributed by atoms with E-state index in [1.54, 1.807) is 19.9 Å². The molecule has 1 aromatic heterocycles. The highest BCUT2D eigenvalue weighted by atomic mass is 79.9. The number of anilines is 1. The zero-order valence-corrected chi connectivity index (χ0v) is 25.8. The Morgan fingerprint density at radius 1 is 1.18 bits per heavy atom. The van der Waals surface area contributed by atoms with E-state index in [4.69, 9.17) is 0 Å². The number of methoxy groups -OCH3 is 1. The van der Waals surface area contributed by atoms with Crippen LogP contribution < -0.4 is 10.9 Å². The van der Waals surface area contributed by atoms with Crippen LogP contribution in [0.15, 0.2) is 64.4 Å². The molecule has 4 rings (SSSR count). The van der Waals surface area contributed by atoms with Crippen LogP contribution in [0.5, 0.6) is 0 Å². The Morgan fingerprint density at radius 3 is 2.41 bits per heavy atom. The van der Waals surface area contributed by atoms with Crippen LogP contribution >= 0.6 is 15.9 Å². The predicted molar refractivity (Wildman–Crippen MR) is 160 cm³/mol. The molecule has 3 aromatic rings. The Kier molecular flexibility index (Phi) is 9.33. The largest absolute Gasteiger partial charge is 0.452 e. The second-order valence-electron chi connectivity index (χ2n) is 10.2. The van der Waals surface area contributed by atoms with Crippen LogP contribution in [-0.4, -0.2) is 63.5 Å². The molecule has 10 nitrogen and oxygen atoms in total. The Hall–Kier alpha value is -4.46. The zero-order valence-electron chi connectivity index (χ0n) is 24.2. The fourth-order valence-electron chi connectivity index (χ4n) is 4.74. The maximum atomic E-state index is 13.9. The number of aromatic nitrogens is 2. The van der Waals surface area contributed by atoms with Crippen molar-refractivity contribution in [1.82, 2.24) is 19.4 Å². The topological polar surface area (TPSA) is 114 Å². The van der Waals surface area contributed by atoms with Gasteiger partial charge in [0, 0.05) is 40.3 Å². The van der Waals surface area contributed by atoms with E-state index >= 15 is 0 Å². The molecular weight excluding hydrogens is 647 g/mol. The van der Waals surface area contributed by atoms with Crippen molar-refractivity contribution in [3.8, 4) is 5.69 Å². The molecule has 0 spiro atoms. The van der Waals surface area contributed by atoms with E-state index in [0.29, 0.717) is 16.9 Å². The summed E-state index contributed by atoms with van der Waals surface area (Å²) >= 11 is 2.89. The second kappa shape index (κ2) is 12.6. The van der Waals surface area contributed by atoms with Crippen LogP contribution in [0, 0.1) is 0 Å². The molecule has 1 N–H and O–H groups in total. The molecule has 1 aliphatic heterocycles. The summed E-state index contributed by atoms with van der Waals surface area (Å²) < 4.78 is 46.2. The van der Waals surface area contributed by atoms with E-state index in [1.165, 1.54) is 52.9 Å². The molecule has 2 aromatic carbocycles. The van der Waals surface area contributed by atoms with Crippen molar-refractivity contribution in [2.75, 3.05) is 19.5 Å². The lowest BCUT2D eigenvalue weighted by molar-refractivity contribution is -0.138. The summed E-state index contributed by atoms with van der Waals surface area (Å²) in [4.78, 5) is 58.6. The number of alkyl halides is 3. The smallest absolute Gasteiger partial charge is 0.417 e. The van der Waals surface area contributed by atoms with Crippen LogP contribution in [0.4, 0.5) is 23.9 Å². The number of fused-ring (bicyclic) bond motifs is 1. The number of rotatable bonds is 6. The van der Waals surface area contributed by atoms with Crippen molar-refractivity contribution in [3.63, 3.8) is 0 Å². The number of halogens is 4. The number of nitrogens with zero attached hydrogens (tertiary/aromatic N) is 4. The summed E-state index contributed by atoms with van der Waals surface area (Å²) in [6.07, 6.45) is -3.79. The highest BCUT2D eigenvalue weighted by Gasteiger charge is 2.36. The molecule has 0 bridgehead atoms. The third kappa shape index (κ3) is 6.39. The predicted octanol–water partition coefficient (Wildman–Crippen LogP) is 5.43. The normalized spacial score (nSPS) is 15.2. The average Bonchev–Trinajstić information content (AvgIpc) is 2.99. The standard InChI is InChI=1S/C30H29BrF3N5O5/c1-6-16(2)35-28-36-24-15-38(26(41)19-9-12-23(31)22(14-19)30(32,33)34)17(3)13-21(24)27(42)39(28)20-10-7-18(8-11-20)25(40)37(4)29(43)44-5/h6-12,14,16-17H,1,13,15H2,2-5H3,(H,35,36)/t16-,17+/m0/s1. The van der Waals surface area contributed by atoms with E-state index in [9.17, 15) is 32.3 Å². The second-order valence-corrected chi connectivity index (χ2v) is 11.1. The summed E-state index contributed by atoms with van der Waals surface area (Å²) in [5, 5.41) is 3.11. The lowest BCUT2D eigenvalue weighted by Crippen LogP contribution is -2.46. The van der Waals surface area contributed by atoms with Crippen molar-refractivity contribution in [3.05, 3.63) is 97.9 Å². The molecule has 0 radical (unpaired) electrons. The lowest BCUT2D eigenvalue weighted by atomic mass is 9.98. The highest BCUT2D eigenvalue weighted by molar-refractivity contribution is 9.10. The molecule has 2 atom stereocenters. The van der Waals surface area contributed by atoms with Crippen molar-refractivity contribution in [2.45, 2.75) is 45.1 Å². The van der Waals surface area contributed by atoms with Gasteiger partial charge in [-0.25, -0.2) is 19.2 Å². The van der Waals surface area contributed by atoms with Gasteiger partial charge in [-0.15, -0.1) is 6.58 Å². The molecule has 0 fully saturated rings. The van der Waals surface area contributed by atoms with E-state index in [1.807, 2.05) is 0 Å². The summed E-state index contributed by atoms with van der Waals surface area (Å²) in [5.41, 5.74) is -0.325. The quantitative estimate of drug-likeness (QED) is 0.347. The summed E-state index contributed by atoms with van der Waals surface area (Å²) in [5.74, 6) is -1.10. The number of benzene rings is 2. The summed E-state index contributed by atoms with van der Waals surface area (Å²) in [6.45, 7) is 7.14. The molecule has 2 heterocycles. The van der Waals surface area contributed by atoms with Crippen LogP contribution in [0.25, 0.3) is 5.69 Å². The van der Waals surface area contributed by atoms with Gasteiger partial charge in [-0.3, -0.25) is 14.4 Å². The first-order chi connectivity index (χ1) is 20.7. The summed E-state index contributed by atoms with van der Waals surface area (Å²) in [6, 6.07) is 8.42. The minimum Gasteiger partial charge on any atom is -0.452 e. The number of ether oxygens (including phenoxy) is 1. The van der Waals surface area contributed by atoms with Gasteiger partial charge < -0.3 is 15.0 Å². The van der Waals surface area contributed by atoms with Crippen LogP contribution in [-0.2, 0) is 23.9 Å². The van der Waals surface area contributed by atoms with Gasteiger partial charge >= 0.3 is 12.3 Å². The Labute approximate surface area is 259 Å². The van der Waals surface area contributed by atoms with E-state index < -0.39 is 41.2 Å². The van der Waals surface area contributed by atoms with Crippen molar-refractivity contribution < 1.29 is 32.3 Å². The maximum Gasteiger partial charge on any atom is 0.417 e. The van der Waals surface area contributed by atoms with Gasteiger partial charge in [0.05, 0.1) is 30.6 Å². The van der Waals surface area contributed by atoms with Gasteiger partial charge in [0.1, 0.15) is 0 Å². The molecule has 0 saturated carbocycles. The molecule has 232 valence electrons. The number of nitrogens with one attached hydrogen (secondary N) is 1. The number of hydrogen-bond donors (Lipinski definition) is 1. The number of carbonyl (C=O) groups is 3. The van der Waals surface area contributed by atoms with Crippen molar-refractivity contribution >= 4 is 39.8 Å². The van der Waals surface area contributed by atoms with E-state index in [-0.39, 0.29) is 40.6 Å². The van der Waals surface area contributed by atoms with Crippen LogP contribution in [0.2, 0.25) is 0 Å². The molecule has 3 amide bonds. The number of carbonyl (C=O) groups excluding carboxylic acids is 3. The van der Waals surface area contributed by atoms with Gasteiger partial charge in [0.2, 0.25) is 5.95 Å². The first kappa shape index (κ1) is 32.5. The molecule has 14 heteroatoms. The zero-order chi connectivity index (χ0) is 32.5. The molecule has 0 aliphatic carbocycles. The Bertz CT molecular complexity index is 1690. The highest BCUT2D eigenvalue weighted by Crippen LogP contribution is 2.36. The maximum absolute atomic E-state index is 13.9. The molecule has 0 unspecified atom stereocenters. The van der Waals surface area contributed by atoms with Gasteiger partial charge in [0.25, 0.3) is 17.4 Å². The number of imide groups is 1. The van der Waals surface area contributed by atoms with Crippen LogP contribution in [0.1, 0.15) is 51.4 Å². The van der Waals surface area contributed by atoms with Gasteiger partial charge in [0.15, 0.2) is 0 Å². The van der Waals surface area contributed by atoms with Crippen molar-refractivity contribution in [1.29, 1.82) is 0 Å². The monoisotopic (exact) mass is 675 g/mol. The van der Waals surface area contributed by atoms with E-state index in [0.717, 1.165) is 18.1 Å². The lowest BCUT2D eigenvalue weighted by Gasteiger charge is -2.35. The minimum absolute atomic E-state index is 0.104. The van der Waals surface area contributed by atoms with Gasteiger partial charge in [-0.1, -0.05) is 22.0 Å². The van der Waals surface area contributed by atoms with Gasteiger partial charge in [-0.05, 0) is 62.7 Å². The number of amides is 3. The third-order valence-electron chi connectivity index (χ3n) is 7.23. The Balaban J connectivity index is 1.74. The van der Waals surface area contributed by atoms with Crippen LogP contribution in [0.3, 0.4) is 0 Å². The van der Waals surface area contributed by atoms with E-state index in [2.05, 4.69) is 37.5 Å². The third-order valence-corrected chi connectivity index (χ3v) is 7.92. The first-order valence-electron chi connectivity index (χ1n) is 13.4. The molecule has 0 saturated heterocycles. The van der Waals surface area contributed by atoms with Gasteiger partial charge in [-0.2, -0.15) is 13.2 Å². The first-order valence-corrected chi connectivity index (χ1v) is 14.1. The SMILES string of the molecule is C=C[C@H](C)Nc1nc2c(c(=O)n1-c1ccc(C(=O)N(C)C(=O)OC)cc1)C[C@@H](C)N(C(=O)c1ccc(Br)c(C(F)(F)F)c1)C2. The average molecular weight is 676 g/mol. The fourth-order valence-corrected chi connectivity index (χ4v) is 5.21. The minimum atomic E-state index is -4.66.